The standard InChI is InChI=1S/C11H13N3O/c1-8(5-6-15)9-3-4-11-10(7-9)12-13-14(11)2/h3-4,6-8H,5H2,1-2H3. The first-order valence-corrected chi connectivity index (χ1v) is 4.95. The Bertz CT molecular complexity index is 490. The van der Waals surface area contributed by atoms with E-state index >= 15 is 0 Å². The number of aryl methyl sites for hydroxylation is 1. The Balaban J connectivity index is 2.42. The van der Waals surface area contributed by atoms with Crippen molar-refractivity contribution in [3.8, 4) is 0 Å². The van der Waals surface area contributed by atoms with Crippen molar-refractivity contribution in [1.29, 1.82) is 0 Å². The number of benzene rings is 1. The van der Waals surface area contributed by atoms with E-state index in [1.807, 2.05) is 32.2 Å². The van der Waals surface area contributed by atoms with Gasteiger partial charge >= 0.3 is 0 Å². The molecule has 4 nitrogen and oxygen atoms in total. The van der Waals surface area contributed by atoms with Gasteiger partial charge < -0.3 is 4.79 Å². The summed E-state index contributed by atoms with van der Waals surface area (Å²) in [5.74, 6) is 0.244. The van der Waals surface area contributed by atoms with Gasteiger partial charge in [0.05, 0.1) is 5.52 Å². The zero-order valence-electron chi connectivity index (χ0n) is 8.84. The largest absolute Gasteiger partial charge is 0.303 e. The Morgan fingerprint density at radius 2 is 2.33 bits per heavy atom. The van der Waals surface area contributed by atoms with Crippen LogP contribution < -0.4 is 0 Å². The summed E-state index contributed by atoms with van der Waals surface area (Å²) in [6.07, 6.45) is 1.50. The van der Waals surface area contributed by atoms with Gasteiger partial charge in [-0.3, -0.25) is 0 Å². The van der Waals surface area contributed by atoms with E-state index in [4.69, 9.17) is 0 Å². The number of nitrogens with zero attached hydrogens (tertiary/aromatic N) is 3. The van der Waals surface area contributed by atoms with Gasteiger partial charge in [0.25, 0.3) is 0 Å². The molecular formula is C11H13N3O. The van der Waals surface area contributed by atoms with Crippen LogP contribution in [0.25, 0.3) is 11.0 Å². The predicted molar refractivity (Wildman–Crippen MR) is 57.6 cm³/mol. The van der Waals surface area contributed by atoms with Crippen LogP contribution in [-0.4, -0.2) is 21.3 Å². The molecule has 1 atom stereocenters. The second-order valence-electron chi connectivity index (χ2n) is 3.76. The van der Waals surface area contributed by atoms with Gasteiger partial charge in [0.1, 0.15) is 11.8 Å². The van der Waals surface area contributed by atoms with E-state index in [9.17, 15) is 4.79 Å². The highest BCUT2D eigenvalue weighted by atomic mass is 16.1. The summed E-state index contributed by atoms with van der Waals surface area (Å²) in [6, 6.07) is 6.02. The molecule has 0 bridgehead atoms. The molecule has 1 aromatic heterocycles. The summed E-state index contributed by atoms with van der Waals surface area (Å²) in [6.45, 7) is 2.03. The molecule has 1 aromatic carbocycles. The summed E-state index contributed by atoms with van der Waals surface area (Å²) in [7, 11) is 1.86. The second-order valence-corrected chi connectivity index (χ2v) is 3.76. The number of carbonyl (C=O) groups excluding carboxylic acids is 1. The Labute approximate surface area is 87.9 Å². The van der Waals surface area contributed by atoms with Crippen molar-refractivity contribution >= 4 is 17.3 Å². The van der Waals surface area contributed by atoms with Crippen LogP contribution >= 0.6 is 0 Å². The van der Waals surface area contributed by atoms with Crippen molar-refractivity contribution in [1.82, 2.24) is 15.0 Å². The molecule has 4 heteroatoms. The normalized spacial score (nSPS) is 12.9. The lowest BCUT2D eigenvalue weighted by Gasteiger charge is -2.07. The van der Waals surface area contributed by atoms with Gasteiger partial charge in [-0.2, -0.15) is 0 Å². The van der Waals surface area contributed by atoms with Crippen LogP contribution in [-0.2, 0) is 11.8 Å². The molecule has 0 aliphatic heterocycles. The fourth-order valence-corrected chi connectivity index (χ4v) is 1.64. The first-order valence-electron chi connectivity index (χ1n) is 4.95. The molecule has 0 N–H and O–H groups in total. The van der Waals surface area contributed by atoms with Crippen LogP contribution in [0.5, 0.6) is 0 Å². The molecule has 0 saturated carbocycles. The molecule has 2 rings (SSSR count). The average molecular weight is 203 g/mol. The lowest BCUT2D eigenvalue weighted by molar-refractivity contribution is -0.108. The molecule has 0 spiro atoms. The van der Waals surface area contributed by atoms with Crippen LogP contribution in [0.15, 0.2) is 18.2 Å². The van der Waals surface area contributed by atoms with Crippen LogP contribution in [0, 0.1) is 0 Å². The Morgan fingerprint density at radius 3 is 3.07 bits per heavy atom. The van der Waals surface area contributed by atoms with Crippen LogP contribution in [0.1, 0.15) is 24.8 Å². The maximum absolute atomic E-state index is 10.4. The number of hydrogen-bond donors (Lipinski definition) is 0. The molecular weight excluding hydrogens is 190 g/mol. The minimum atomic E-state index is 0.244. The van der Waals surface area contributed by atoms with E-state index in [1.54, 1.807) is 4.68 Å². The Hall–Kier alpha value is -1.71. The Morgan fingerprint density at radius 1 is 1.53 bits per heavy atom. The third kappa shape index (κ3) is 1.75. The number of carbonyl (C=O) groups is 1. The number of aldehydes is 1. The molecule has 2 aromatic rings. The van der Waals surface area contributed by atoms with Crippen molar-refractivity contribution in [2.75, 3.05) is 0 Å². The van der Waals surface area contributed by atoms with Crippen LogP contribution in [0.4, 0.5) is 0 Å². The molecule has 0 fully saturated rings. The van der Waals surface area contributed by atoms with Gasteiger partial charge in [0.15, 0.2) is 0 Å². The minimum absolute atomic E-state index is 0.244. The van der Waals surface area contributed by atoms with E-state index in [-0.39, 0.29) is 5.92 Å². The van der Waals surface area contributed by atoms with Crippen molar-refractivity contribution in [2.24, 2.45) is 7.05 Å². The zero-order valence-corrected chi connectivity index (χ0v) is 8.84. The van der Waals surface area contributed by atoms with Gasteiger partial charge in [-0.15, -0.1) is 5.10 Å². The number of hydrogen-bond acceptors (Lipinski definition) is 3. The van der Waals surface area contributed by atoms with Crippen molar-refractivity contribution in [2.45, 2.75) is 19.3 Å². The third-order valence-electron chi connectivity index (χ3n) is 2.65. The zero-order chi connectivity index (χ0) is 10.8. The highest BCUT2D eigenvalue weighted by Crippen LogP contribution is 2.21. The van der Waals surface area contributed by atoms with Gasteiger partial charge in [0, 0.05) is 13.5 Å². The molecule has 0 amide bonds. The van der Waals surface area contributed by atoms with Crippen LogP contribution in [0.2, 0.25) is 0 Å². The summed E-state index contributed by atoms with van der Waals surface area (Å²) >= 11 is 0. The van der Waals surface area contributed by atoms with Crippen LogP contribution in [0.3, 0.4) is 0 Å². The van der Waals surface area contributed by atoms with E-state index in [1.165, 1.54) is 0 Å². The van der Waals surface area contributed by atoms with Gasteiger partial charge in [-0.25, -0.2) is 4.68 Å². The van der Waals surface area contributed by atoms with Crippen molar-refractivity contribution in [3.63, 3.8) is 0 Å². The highest BCUT2D eigenvalue weighted by molar-refractivity contribution is 5.75. The maximum atomic E-state index is 10.4. The summed E-state index contributed by atoms with van der Waals surface area (Å²) < 4.78 is 1.74. The molecule has 0 aliphatic rings. The fourth-order valence-electron chi connectivity index (χ4n) is 1.64. The highest BCUT2D eigenvalue weighted by Gasteiger charge is 2.07. The molecule has 1 heterocycles. The lowest BCUT2D eigenvalue weighted by atomic mass is 9.98. The van der Waals surface area contributed by atoms with Crippen molar-refractivity contribution < 1.29 is 4.79 Å². The number of aromatic nitrogens is 3. The molecule has 0 aliphatic carbocycles. The Kier molecular flexibility index (Phi) is 2.49. The quantitative estimate of drug-likeness (QED) is 0.713. The number of fused-ring (bicyclic) bond motifs is 1. The van der Waals surface area contributed by atoms with E-state index in [0.717, 1.165) is 22.9 Å². The molecule has 78 valence electrons. The van der Waals surface area contributed by atoms with E-state index < -0.39 is 0 Å². The molecule has 1 unspecified atom stereocenters. The van der Waals surface area contributed by atoms with Gasteiger partial charge in [-0.05, 0) is 23.6 Å². The molecule has 0 saturated heterocycles. The van der Waals surface area contributed by atoms with Crippen molar-refractivity contribution in [3.05, 3.63) is 23.8 Å². The van der Waals surface area contributed by atoms with E-state index in [0.29, 0.717) is 6.42 Å². The average Bonchev–Trinajstić information content (AvgIpc) is 2.60. The number of rotatable bonds is 3. The molecule has 0 radical (unpaired) electrons. The smallest absolute Gasteiger partial charge is 0.120 e. The monoisotopic (exact) mass is 203 g/mol. The third-order valence-corrected chi connectivity index (χ3v) is 2.65. The predicted octanol–water partition coefficient (Wildman–Crippen LogP) is 1.66. The lowest BCUT2D eigenvalue weighted by Crippen LogP contribution is -1.94. The van der Waals surface area contributed by atoms with Gasteiger partial charge in [0.2, 0.25) is 0 Å². The summed E-state index contributed by atoms with van der Waals surface area (Å²) in [5, 5.41) is 7.99. The second kappa shape index (κ2) is 3.81. The van der Waals surface area contributed by atoms with Gasteiger partial charge in [-0.1, -0.05) is 18.2 Å². The first kappa shape index (κ1) is 9.83. The SMILES string of the molecule is CC(CC=O)c1ccc2c(c1)nnn2C. The maximum Gasteiger partial charge on any atom is 0.120 e. The first-order chi connectivity index (χ1) is 7.22. The summed E-state index contributed by atoms with van der Waals surface area (Å²) in [4.78, 5) is 10.4. The molecule has 15 heavy (non-hydrogen) atoms. The van der Waals surface area contributed by atoms with E-state index in [2.05, 4.69) is 10.3 Å². The summed E-state index contributed by atoms with van der Waals surface area (Å²) in [5.41, 5.74) is 3.03. The fraction of sp³-hybridized carbons (Fsp3) is 0.364. The topological polar surface area (TPSA) is 47.8 Å². The minimum Gasteiger partial charge on any atom is -0.303 e.